The van der Waals surface area contributed by atoms with Crippen molar-refractivity contribution in [2.24, 2.45) is 0 Å². The van der Waals surface area contributed by atoms with E-state index in [-0.39, 0.29) is 6.61 Å². The van der Waals surface area contributed by atoms with E-state index in [0.29, 0.717) is 12.1 Å². The minimum absolute atomic E-state index is 0.0715. The van der Waals surface area contributed by atoms with Gasteiger partial charge in [-0.05, 0) is 24.1 Å². The summed E-state index contributed by atoms with van der Waals surface area (Å²) in [7, 11) is 0. The van der Waals surface area contributed by atoms with Gasteiger partial charge in [-0.3, -0.25) is 0 Å². The summed E-state index contributed by atoms with van der Waals surface area (Å²) in [5, 5.41) is 18.4. The fraction of sp³-hybridized carbons (Fsp3) is 0.500. The highest BCUT2D eigenvalue weighted by Crippen LogP contribution is 2.16. The van der Waals surface area contributed by atoms with Gasteiger partial charge >= 0.3 is 0 Å². The third kappa shape index (κ3) is 4.55. The molecule has 0 aliphatic rings. The molecular weight excluding hydrogens is 286 g/mol. The second-order valence-corrected chi connectivity index (χ2v) is 5.66. The van der Waals surface area contributed by atoms with Crippen molar-refractivity contribution in [1.29, 1.82) is 0 Å². The molecule has 0 amide bonds. The Morgan fingerprint density at radius 2 is 1.90 bits per heavy atom. The van der Waals surface area contributed by atoms with Gasteiger partial charge in [0.2, 0.25) is 0 Å². The predicted molar refractivity (Wildman–Crippen MR) is 84.3 cm³/mol. The van der Waals surface area contributed by atoms with Gasteiger partial charge in [0.15, 0.2) is 0 Å². The van der Waals surface area contributed by atoms with Crippen LogP contribution < -0.4 is 0 Å². The number of rotatable bonds is 8. The van der Waals surface area contributed by atoms with Gasteiger partial charge in [-0.1, -0.05) is 55.1 Å². The maximum atomic E-state index is 9.43. The van der Waals surface area contributed by atoms with E-state index in [4.69, 9.17) is 11.6 Å². The number of aryl methyl sites for hydroxylation is 1. The molecule has 0 radical (unpaired) electrons. The number of halogens is 1. The van der Waals surface area contributed by atoms with Gasteiger partial charge in [-0.25, -0.2) is 4.68 Å². The van der Waals surface area contributed by atoms with E-state index in [0.717, 1.165) is 29.2 Å². The lowest BCUT2D eigenvalue weighted by molar-refractivity contribution is 0.275. The Kier molecular flexibility index (Phi) is 6.21. The van der Waals surface area contributed by atoms with Crippen LogP contribution in [0, 0.1) is 0 Å². The smallest absolute Gasteiger partial charge is 0.112 e. The number of hydrogen-bond donors (Lipinski definition) is 1. The molecule has 0 bridgehead atoms. The first-order valence-electron chi connectivity index (χ1n) is 7.51. The summed E-state index contributed by atoms with van der Waals surface area (Å²) in [5.41, 5.74) is 2.81. The first-order chi connectivity index (χ1) is 10.2. The van der Waals surface area contributed by atoms with E-state index in [9.17, 15) is 5.11 Å². The Labute approximate surface area is 130 Å². The fourth-order valence-corrected chi connectivity index (χ4v) is 2.47. The molecule has 5 heteroatoms. The summed E-state index contributed by atoms with van der Waals surface area (Å²) in [6, 6.07) is 7.76. The quantitative estimate of drug-likeness (QED) is 0.758. The van der Waals surface area contributed by atoms with Crippen molar-refractivity contribution in [3.05, 3.63) is 46.2 Å². The average Bonchev–Trinajstić information content (AvgIpc) is 2.88. The van der Waals surface area contributed by atoms with Crippen LogP contribution >= 0.6 is 11.6 Å². The van der Waals surface area contributed by atoms with Crippen LogP contribution in [0.15, 0.2) is 24.3 Å². The molecule has 2 aromatic rings. The molecule has 0 unspecified atom stereocenters. The minimum Gasteiger partial charge on any atom is -0.390 e. The second-order valence-electron chi connectivity index (χ2n) is 5.23. The number of aliphatic hydroxyl groups is 1. The molecule has 0 saturated carbocycles. The van der Waals surface area contributed by atoms with Crippen LogP contribution in [0.25, 0.3) is 0 Å². The Morgan fingerprint density at radius 3 is 2.57 bits per heavy atom. The van der Waals surface area contributed by atoms with Gasteiger partial charge in [-0.15, -0.1) is 5.10 Å². The molecule has 0 atom stereocenters. The van der Waals surface area contributed by atoms with Crippen LogP contribution in [-0.4, -0.2) is 20.1 Å². The SMILES string of the molecule is CCCCCCn1nnc(CO)c1Cc1ccc(Cl)cc1. The zero-order valence-electron chi connectivity index (χ0n) is 12.4. The highest BCUT2D eigenvalue weighted by atomic mass is 35.5. The van der Waals surface area contributed by atoms with Crippen molar-refractivity contribution < 1.29 is 5.11 Å². The van der Waals surface area contributed by atoms with Crippen LogP contribution in [0.5, 0.6) is 0 Å². The van der Waals surface area contributed by atoms with E-state index < -0.39 is 0 Å². The maximum Gasteiger partial charge on any atom is 0.112 e. The highest BCUT2D eigenvalue weighted by Gasteiger charge is 2.12. The normalized spacial score (nSPS) is 11.0. The highest BCUT2D eigenvalue weighted by molar-refractivity contribution is 6.30. The summed E-state index contributed by atoms with van der Waals surface area (Å²) in [4.78, 5) is 0. The zero-order valence-corrected chi connectivity index (χ0v) is 13.2. The van der Waals surface area contributed by atoms with Gasteiger partial charge in [0.25, 0.3) is 0 Å². The van der Waals surface area contributed by atoms with Gasteiger partial charge < -0.3 is 5.11 Å². The molecule has 1 aromatic heterocycles. The van der Waals surface area contributed by atoms with Crippen molar-refractivity contribution in [3.8, 4) is 0 Å². The van der Waals surface area contributed by atoms with E-state index in [1.807, 2.05) is 28.9 Å². The van der Waals surface area contributed by atoms with Gasteiger partial charge in [0.05, 0.1) is 12.3 Å². The molecule has 21 heavy (non-hydrogen) atoms. The number of nitrogens with zero attached hydrogens (tertiary/aromatic N) is 3. The molecular formula is C16H22ClN3O. The molecule has 0 saturated heterocycles. The zero-order chi connectivity index (χ0) is 15.1. The average molecular weight is 308 g/mol. The minimum atomic E-state index is -0.0715. The van der Waals surface area contributed by atoms with Crippen molar-refractivity contribution >= 4 is 11.6 Å². The van der Waals surface area contributed by atoms with Crippen molar-refractivity contribution in [2.75, 3.05) is 0 Å². The third-order valence-electron chi connectivity index (χ3n) is 3.58. The summed E-state index contributed by atoms with van der Waals surface area (Å²) < 4.78 is 1.93. The van der Waals surface area contributed by atoms with Crippen molar-refractivity contribution in [1.82, 2.24) is 15.0 Å². The molecule has 0 aliphatic heterocycles. The summed E-state index contributed by atoms with van der Waals surface area (Å²) >= 11 is 5.91. The summed E-state index contributed by atoms with van der Waals surface area (Å²) in [6.45, 7) is 2.99. The van der Waals surface area contributed by atoms with E-state index in [2.05, 4.69) is 17.2 Å². The molecule has 1 heterocycles. The summed E-state index contributed by atoms with van der Waals surface area (Å²) in [6.07, 6.45) is 5.47. The lowest BCUT2D eigenvalue weighted by Gasteiger charge is -2.08. The largest absolute Gasteiger partial charge is 0.390 e. The Hall–Kier alpha value is -1.39. The van der Waals surface area contributed by atoms with E-state index >= 15 is 0 Å². The number of aliphatic hydroxyl groups excluding tert-OH is 1. The number of aromatic nitrogens is 3. The van der Waals surface area contributed by atoms with E-state index in [1.165, 1.54) is 19.3 Å². The molecule has 1 N–H and O–H groups in total. The second kappa shape index (κ2) is 8.15. The van der Waals surface area contributed by atoms with Crippen LogP contribution in [0.1, 0.15) is 49.6 Å². The first-order valence-corrected chi connectivity index (χ1v) is 7.89. The molecule has 4 nitrogen and oxygen atoms in total. The molecule has 2 rings (SSSR count). The van der Waals surface area contributed by atoms with Crippen LogP contribution in [-0.2, 0) is 19.6 Å². The molecule has 0 aliphatic carbocycles. The molecule has 1 aromatic carbocycles. The predicted octanol–water partition coefficient (Wildman–Crippen LogP) is 3.59. The van der Waals surface area contributed by atoms with E-state index in [1.54, 1.807) is 0 Å². The summed E-state index contributed by atoms with van der Waals surface area (Å²) in [5.74, 6) is 0. The van der Waals surface area contributed by atoms with Gasteiger partial charge in [0, 0.05) is 18.0 Å². The van der Waals surface area contributed by atoms with Gasteiger partial charge in [0.1, 0.15) is 5.69 Å². The number of unbranched alkanes of at least 4 members (excludes halogenated alkanes) is 3. The fourth-order valence-electron chi connectivity index (χ4n) is 2.35. The standard InChI is InChI=1S/C16H22ClN3O/c1-2-3-4-5-10-20-16(15(12-21)18-19-20)11-13-6-8-14(17)9-7-13/h6-9,21H,2-5,10-12H2,1H3. The lowest BCUT2D eigenvalue weighted by atomic mass is 10.1. The molecule has 0 spiro atoms. The van der Waals surface area contributed by atoms with Crippen molar-refractivity contribution in [2.45, 2.75) is 52.2 Å². The van der Waals surface area contributed by atoms with Gasteiger partial charge in [-0.2, -0.15) is 0 Å². The van der Waals surface area contributed by atoms with Crippen molar-refractivity contribution in [3.63, 3.8) is 0 Å². The van der Waals surface area contributed by atoms with Crippen LogP contribution in [0.4, 0.5) is 0 Å². The molecule has 0 fully saturated rings. The maximum absolute atomic E-state index is 9.43. The Bertz CT molecular complexity index is 551. The number of hydrogen-bond acceptors (Lipinski definition) is 3. The topological polar surface area (TPSA) is 50.9 Å². The monoisotopic (exact) mass is 307 g/mol. The Morgan fingerprint density at radius 1 is 1.14 bits per heavy atom. The third-order valence-corrected chi connectivity index (χ3v) is 3.83. The first kappa shape index (κ1) is 16.0. The lowest BCUT2D eigenvalue weighted by Crippen LogP contribution is -2.07. The Balaban J connectivity index is 2.08. The van der Waals surface area contributed by atoms with Crippen LogP contribution in [0.2, 0.25) is 5.02 Å². The number of benzene rings is 1. The van der Waals surface area contributed by atoms with Crippen LogP contribution in [0.3, 0.4) is 0 Å². The molecule has 114 valence electrons.